The number of allylic oxidation sites excluding steroid dienone is 1. The molecule has 0 bridgehead atoms. The lowest BCUT2D eigenvalue weighted by molar-refractivity contribution is -0.0800. The summed E-state index contributed by atoms with van der Waals surface area (Å²) in [6.07, 6.45) is -3.55. The fourth-order valence-corrected chi connectivity index (χ4v) is 0.555. The van der Waals surface area contributed by atoms with Crippen molar-refractivity contribution in [3.8, 4) is 0 Å². The highest BCUT2D eigenvalue weighted by molar-refractivity contribution is 7.89. The van der Waals surface area contributed by atoms with Crippen molar-refractivity contribution in [2.45, 2.75) is 18.3 Å². The third-order valence-electron chi connectivity index (χ3n) is 0.923. The minimum atomic E-state index is -4.35. The molecule has 2 atom stereocenters. The predicted octanol–water partition coefficient (Wildman–Crippen LogP) is 1.12. The Balaban J connectivity index is 3.93. The minimum absolute atomic E-state index is 0.0302. The summed E-state index contributed by atoms with van der Waals surface area (Å²) in [6, 6.07) is 0. The van der Waals surface area contributed by atoms with Gasteiger partial charge in [0.1, 0.15) is 0 Å². The average molecular weight is 187 g/mol. The minimum Gasteiger partial charge on any atom is -0.598 e. The summed E-state index contributed by atoms with van der Waals surface area (Å²) < 4.78 is 44.7. The second-order valence-corrected chi connectivity index (χ2v) is 3.34. The first-order chi connectivity index (χ1) is 4.83. The van der Waals surface area contributed by atoms with Crippen molar-refractivity contribution in [2.75, 3.05) is 0 Å². The molecular weight excluding hydrogens is 179 g/mol. The summed E-state index contributed by atoms with van der Waals surface area (Å²) in [4.78, 5) is 0. The van der Waals surface area contributed by atoms with E-state index in [1.54, 1.807) is 0 Å². The van der Waals surface area contributed by atoms with E-state index >= 15 is 0 Å². The van der Waals surface area contributed by atoms with E-state index in [1.807, 2.05) is 0 Å². The molecule has 66 valence electrons. The molecule has 0 aliphatic carbocycles. The SMILES string of the molecule is CC(/C=C/C(F)(F)F)[S+](N)[O-]. The number of hydrogen-bond donors (Lipinski definition) is 1. The number of nitrogens with two attached hydrogens (primary N) is 1. The van der Waals surface area contributed by atoms with Crippen LogP contribution in [0, 0.1) is 0 Å². The lowest BCUT2D eigenvalue weighted by Crippen LogP contribution is -2.24. The highest BCUT2D eigenvalue weighted by Crippen LogP contribution is 2.16. The van der Waals surface area contributed by atoms with E-state index < -0.39 is 22.8 Å². The van der Waals surface area contributed by atoms with Gasteiger partial charge in [0.25, 0.3) is 0 Å². The third-order valence-corrected chi connectivity index (χ3v) is 1.81. The molecule has 0 heterocycles. The average Bonchev–Trinajstić information content (AvgIpc) is 1.80. The van der Waals surface area contributed by atoms with Crippen LogP contribution >= 0.6 is 0 Å². The molecule has 2 N–H and O–H groups in total. The normalized spacial score (nSPS) is 18.7. The lowest BCUT2D eigenvalue weighted by Gasteiger charge is -2.07. The van der Waals surface area contributed by atoms with Crippen LogP contribution in [-0.4, -0.2) is 16.0 Å². The third kappa shape index (κ3) is 6.21. The highest BCUT2D eigenvalue weighted by Gasteiger charge is 2.23. The van der Waals surface area contributed by atoms with Crippen molar-refractivity contribution in [1.29, 1.82) is 0 Å². The Morgan fingerprint density at radius 1 is 1.55 bits per heavy atom. The van der Waals surface area contributed by atoms with Gasteiger partial charge in [0.15, 0.2) is 5.25 Å². The van der Waals surface area contributed by atoms with Gasteiger partial charge in [-0.15, -0.1) is 0 Å². The zero-order valence-electron chi connectivity index (χ0n) is 5.76. The molecule has 0 aromatic carbocycles. The van der Waals surface area contributed by atoms with E-state index in [1.165, 1.54) is 6.92 Å². The second-order valence-electron chi connectivity index (χ2n) is 1.93. The van der Waals surface area contributed by atoms with Crippen LogP contribution in [0.25, 0.3) is 0 Å². The first-order valence-corrected chi connectivity index (χ1v) is 4.01. The Hall–Kier alpha value is -0.200. The molecule has 2 unspecified atom stereocenters. The molecular formula is C5H8F3NOS. The molecule has 0 amide bonds. The van der Waals surface area contributed by atoms with Gasteiger partial charge in [-0.3, -0.25) is 0 Å². The second kappa shape index (κ2) is 3.99. The van der Waals surface area contributed by atoms with E-state index in [2.05, 4.69) is 0 Å². The van der Waals surface area contributed by atoms with Crippen LogP contribution in [0.4, 0.5) is 13.2 Å². The Morgan fingerprint density at radius 2 is 2.00 bits per heavy atom. The zero-order valence-corrected chi connectivity index (χ0v) is 6.58. The summed E-state index contributed by atoms with van der Waals surface area (Å²) in [6.45, 7) is 1.35. The standard InChI is InChI=1S/C5H8F3NOS/c1-4(11(9)10)2-3-5(6,7)8/h2-4H,9H2,1H3/b3-2+. The lowest BCUT2D eigenvalue weighted by atomic mass is 10.4. The number of hydrogen-bond acceptors (Lipinski definition) is 2. The summed E-state index contributed by atoms with van der Waals surface area (Å²) >= 11 is -1.73. The van der Waals surface area contributed by atoms with Crippen molar-refractivity contribution in [3.05, 3.63) is 12.2 Å². The van der Waals surface area contributed by atoms with Gasteiger partial charge in [0.05, 0.1) is 0 Å². The maximum atomic E-state index is 11.5. The molecule has 0 radical (unpaired) electrons. The van der Waals surface area contributed by atoms with E-state index in [-0.39, 0.29) is 6.08 Å². The van der Waals surface area contributed by atoms with E-state index in [4.69, 9.17) is 5.14 Å². The molecule has 0 aromatic rings. The van der Waals surface area contributed by atoms with Gasteiger partial charge in [-0.05, 0) is 13.0 Å². The molecule has 6 heteroatoms. The number of alkyl halides is 3. The maximum Gasteiger partial charge on any atom is 0.409 e. The Bertz CT molecular complexity index is 145. The van der Waals surface area contributed by atoms with Gasteiger partial charge < -0.3 is 4.55 Å². The predicted molar refractivity (Wildman–Crippen MR) is 37.0 cm³/mol. The van der Waals surface area contributed by atoms with Crippen LogP contribution < -0.4 is 5.14 Å². The first-order valence-electron chi connectivity index (χ1n) is 2.74. The maximum absolute atomic E-state index is 11.5. The number of halogens is 3. The van der Waals surface area contributed by atoms with E-state index in [0.29, 0.717) is 0 Å². The van der Waals surface area contributed by atoms with Crippen LogP contribution in [0.2, 0.25) is 0 Å². The Morgan fingerprint density at radius 3 is 2.27 bits per heavy atom. The molecule has 0 saturated carbocycles. The summed E-state index contributed by atoms with van der Waals surface area (Å²) in [7, 11) is 0. The van der Waals surface area contributed by atoms with Crippen LogP contribution in [-0.2, 0) is 11.4 Å². The topological polar surface area (TPSA) is 49.1 Å². The summed E-state index contributed by atoms with van der Waals surface area (Å²) in [5.74, 6) is 0. The van der Waals surface area contributed by atoms with Crippen molar-refractivity contribution < 1.29 is 17.7 Å². The largest absolute Gasteiger partial charge is 0.598 e. The molecule has 0 spiro atoms. The van der Waals surface area contributed by atoms with Crippen molar-refractivity contribution in [2.24, 2.45) is 5.14 Å². The van der Waals surface area contributed by atoms with Crippen molar-refractivity contribution >= 4 is 11.4 Å². The molecule has 0 aliphatic rings. The smallest absolute Gasteiger partial charge is 0.409 e. The quantitative estimate of drug-likeness (QED) is 0.520. The summed E-state index contributed by atoms with van der Waals surface area (Å²) in [5.41, 5.74) is 0. The van der Waals surface area contributed by atoms with Crippen LogP contribution in [0.15, 0.2) is 12.2 Å². The summed E-state index contributed by atoms with van der Waals surface area (Å²) in [5, 5.41) is 4.05. The Kier molecular flexibility index (Phi) is 3.91. The molecule has 0 rings (SSSR count). The molecule has 0 aliphatic heterocycles. The molecule has 11 heavy (non-hydrogen) atoms. The zero-order chi connectivity index (χ0) is 9.07. The fraction of sp³-hybridized carbons (Fsp3) is 0.600. The van der Waals surface area contributed by atoms with Gasteiger partial charge in [-0.2, -0.15) is 18.3 Å². The van der Waals surface area contributed by atoms with Gasteiger partial charge >= 0.3 is 6.18 Å². The Labute approximate surface area is 65.6 Å². The highest BCUT2D eigenvalue weighted by atomic mass is 32.2. The number of rotatable bonds is 2. The van der Waals surface area contributed by atoms with Crippen molar-refractivity contribution in [1.82, 2.24) is 0 Å². The first kappa shape index (κ1) is 10.8. The molecule has 0 fully saturated rings. The van der Waals surface area contributed by atoms with E-state index in [9.17, 15) is 17.7 Å². The van der Waals surface area contributed by atoms with Gasteiger partial charge in [0.2, 0.25) is 0 Å². The van der Waals surface area contributed by atoms with Gasteiger partial charge in [-0.25, -0.2) is 0 Å². The molecule has 0 saturated heterocycles. The molecule has 0 aromatic heterocycles. The molecule has 2 nitrogen and oxygen atoms in total. The van der Waals surface area contributed by atoms with Crippen LogP contribution in [0.3, 0.4) is 0 Å². The van der Waals surface area contributed by atoms with Crippen LogP contribution in [0.5, 0.6) is 0 Å². The monoisotopic (exact) mass is 187 g/mol. The van der Waals surface area contributed by atoms with Gasteiger partial charge in [0, 0.05) is 17.4 Å². The van der Waals surface area contributed by atoms with Crippen LogP contribution in [0.1, 0.15) is 6.92 Å². The van der Waals surface area contributed by atoms with E-state index in [0.717, 1.165) is 6.08 Å². The fourth-order valence-electron chi connectivity index (χ4n) is 0.322. The van der Waals surface area contributed by atoms with Gasteiger partial charge in [-0.1, -0.05) is 0 Å². The van der Waals surface area contributed by atoms with Crippen molar-refractivity contribution in [3.63, 3.8) is 0 Å².